The first kappa shape index (κ1) is 20.6. The van der Waals surface area contributed by atoms with Crippen molar-refractivity contribution in [3.63, 3.8) is 0 Å². The highest BCUT2D eigenvalue weighted by Crippen LogP contribution is 2.35. The molecule has 8 heteroatoms. The van der Waals surface area contributed by atoms with Crippen LogP contribution in [0, 0.1) is 3.57 Å². The van der Waals surface area contributed by atoms with Crippen molar-refractivity contribution in [3.8, 4) is 0 Å². The van der Waals surface area contributed by atoms with Gasteiger partial charge in [0.15, 0.2) is 0 Å². The molecule has 0 spiro atoms. The lowest BCUT2D eigenvalue weighted by Crippen LogP contribution is -2.59. The third-order valence-electron chi connectivity index (χ3n) is 4.55. The Morgan fingerprint density at radius 2 is 1.93 bits per heavy atom. The fraction of sp³-hybridized carbons (Fsp3) is 0.526. The van der Waals surface area contributed by atoms with E-state index in [4.69, 9.17) is 4.74 Å². The summed E-state index contributed by atoms with van der Waals surface area (Å²) in [4.78, 5) is 25.7. The van der Waals surface area contributed by atoms with E-state index in [1.807, 2.05) is 44.7 Å². The molecule has 146 valence electrons. The number of hydrogen-bond donors (Lipinski definition) is 0. The van der Waals surface area contributed by atoms with Gasteiger partial charge in [-0.3, -0.25) is 0 Å². The number of rotatable bonds is 1. The maximum Gasteiger partial charge on any atom is 0.410 e. The molecule has 1 aromatic carbocycles. The van der Waals surface area contributed by atoms with Crippen LogP contribution in [0.25, 0.3) is 10.9 Å². The summed E-state index contributed by atoms with van der Waals surface area (Å²) < 4.78 is 7.64. The molecule has 1 amide bonds. The lowest BCUT2D eigenvalue weighted by atomic mass is 10.1. The first-order valence-electron chi connectivity index (χ1n) is 8.93. The molecule has 1 saturated heterocycles. The molecule has 3 rings (SSSR count). The van der Waals surface area contributed by atoms with E-state index in [1.165, 1.54) is 0 Å². The molecule has 2 heterocycles. The highest BCUT2D eigenvalue weighted by molar-refractivity contribution is 14.1. The normalized spacial score (nSPS) is 20.9. The van der Waals surface area contributed by atoms with Gasteiger partial charge >= 0.3 is 6.09 Å². The minimum Gasteiger partial charge on any atom is -0.444 e. The van der Waals surface area contributed by atoms with Crippen molar-refractivity contribution in [2.75, 3.05) is 18.0 Å². The van der Waals surface area contributed by atoms with Crippen molar-refractivity contribution >= 4 is 61.3 Å². The van der Waals surface area contributed by atoms with Gasteiger partial charge in [0.05, 0.1) is 10.9 Å². The Morgan fingerprint density at radius 3 is 2.59 bits per heavy atom. The SMILES string of the molecule is C[C@@H]1CN(c2ncnc3c(I)ccc(Br)c23)[C@@H](C)CN1C(=O)OC(C)(C)C. The fourth-order valence-corrected chi connectivity index (χ4v) is 4.39. The second-order valence-electron chi connectivity index (χ2n) is 7.93. The number of carbonyl (C=O) groups is 1. The zero-order valence-corrected chi connectivity index (χ0v) is 19.9. The van der Waals surface area contributed by atoms with E-state index in [1.54, 1.807) is 6.33 Å². The number of hydrogen-bond acceptors (Lipinski definition) is 5. The van der Waals surface area contributed by atoms with Crippen LogP contribution in [0.4, 0.5) is 10.6 Å². The second kappa shape index (κ2) is 7.69. The number of anilines is 1. The molecule has 0 N–H and O–H groups in total. The minimum absolute atomic E-state index is 0.0163. The summed E-state index contributed by atoms with van der Waals surface area (Å²) in [6.45, 7) is 11.1. The number of halogens is 2. The smallest absolute Gasteiger partial charge is 0.410 e. The Morgan fingerprint density at radius 1 is 1.22 bits per heavy atom. The summed E-state index contributed by atoms with van der Waals surface area (Å²) in [5.41, 5.74) is 0.436. The van der Waals surface area contributed by atoms with Crippen molar-refractivity contribution in [1.29, 1.82) is 0 Å². The molecular weight excluding hydrogens is 523 g/mol. The highest BCUT2D eigenvalue weighted by atomic mass is 127. The number of aromatic nitrogens is 2. The van der Waals surface area contributed by atoms with Crippen molar-refractivity contribution < 1.29 is 9.53 Å². The number of fused-ring (bicyclic) bond motifs is 1. The summed E-state index contributed by atoms with van der Waals surface area (Å²) >= 11 is 5.95. The maximum absolute atomic E-state index is 12.6. The average molecular weight is 547 g/mol. The van der Waals surface area contributed by atoms with E-state index in [2.05, 4.69) is 60.3 Å². The largest absolute Gasteiger partial charge is 0.444 e. The molecule has 1 fully saturated rings. The molecule has 0 saturated carbocycles. The van der Waals surface area contributed by atoms with Gasteiger partial charge in [-0.15, -0.1) is 0 Å². The number of ether oxygens (including phenoxy) is 1. The molecule has 6 nitrogen and oxygen atoms in total. The van der Waals surface area contributed by atoms with Gasteiger partial charge in [0.1, 0.15) is 17.7 Å². The van der Waals surface area contributed by atoms with Gasteiger partial charge in [0.25, 0.3) is 0 Å². The van der Waals surface area contributed by atoms with Crippen LogP contribution in [-0.2, 0) is 4.74 Å². The van der Waals surface area contributed by atoms with Gasteiger partial charge in [-0.25, -0.2) is 14.8 Å². The van der Waals surface area contributed by atoms with Crippen molar-refractivity contribution in [2.24, 2.45) is 0 Å². The van der Waals surface area contributed by atoms with E-state index in [-0.39, 0.29) is 18.2 Å². The molecule has 1 aromatic heterocycles. The zero-order chi connectivity index (χ0) is 19.9. The van der Waals surface area contributed by atoms with Crippen LogP contribution >= 0.6 is 38.5 Å². The van der Waals surface area contributed by atoms with E-state index in [9.17, 15) is 4.79 Å². The Bertz CT molecular complexity index is 871. The first-order valence-corrected chi connectivity index (χ1v) is 10.8. The molecule has 1 aliphatic heterocycles. The van der Waals surface area contributed by atoms with Crippen LogP contribution in [0.15, 0.2) is 22.9 Å². The minimum atomic E-state index is -0.498. The number of benzene rings is 1. The van der Waals surface area contributed by atoms with Crippen LogP contribution in [0.3, 0.4) is 0 Å². The number of nitrogens with zero attached hydrogens (tertiary/aromatic N) is 4. The average Bonchev–Trinajstić information content (AvgIpc) is 2.58. The molecule has 0 radical (unpaired) electrons. The summed E-state index contributed by atoms with van der Waals surface area (Å²) in [5, 5.41) is 1.01. The van der Waals surface area contributed by atoms with Gasteiger partial charge < -0.3 is 14.5 Å². The van der Waals surface area contributed by atoms with Crippen molar-refractivity contribution in [1.82, 2.24) is 14.9 Å². The van der Waals surface area contributed by atoms with Crippen LogP contribution in [-0.4, -0.2) is 51.7 Å². The summed E-state index contributed by atoms with van der Waals surface area (Å²) in [6, 6.07) is 4.19. The van der Waals surface area contributed by atoms with Crippen LogP contribution in [0.1, 0.15) is 34.6 Å². The van der Waals surface area contributed by atoms with Gasteiger partial charge in [-0.2, -0.15) is 0 Å². The van der Waals surface area contributed by atoms with E-state index < -0.39 is 5.60 Å². The molecule has 0 unspecified atom stereocenters. The molecule has 0 aliphatic carbocycles. The Labute approximate surface area is 181 Å². The second-order valence-corrected chi connectivity index (χ2v) is 9.95. The topological polar surface area (TPSA) is 58.6 Å². The molecule has 0 bridgehead atoms. The summed E-state index contributed by atoms with van der Waals surface area (Å²) in [7, 11) is 0. The van der Waals surface area contributed by atoms with E-state index in [0.717, 1.165) is 24.8 Å². The summed E-state index contributed by atoms with van der Waals surface area (Å²) in [5.74, 6) is 0.897. The van der Waals surface area contributed by atoms with Gasteiger partial charge in [-0.05, 0) is 85.3 Å². The lowest BCUT2D eigenvalue weighted by molar-refractivity contribution is 0.0130. The quantitative estimate of drug-likeness (QED) is 0.479. The first-order chi connectivity index (χ1) is 12.6. The predicted molar refractivity (Wildman–Crippen MR) is 119 cm³/mol. The standard InChI is InChI=1S/C19H24BrIN4O2/c1-11-9-25(18(26)27-19(3,4)5)12(2)8-24(11)17-15-13(20)6-7-14(21)16(15)22-10-23-17/h6-7,10-12H,8-9H2,1-5H3/t11-,12+/m0/s1. The third-order valence-corrected chi connectivity index (χ3v) is 6.09. The van der Waals surface area contributed by atoms with E-state index in [0.29, 0.717) is 13.1 Å². The monoisotopic (exact) mass is 546 g/mol. The predicted octanol–water partition coefficient (Wildman–Crippen LogP) is 4.83. The lowest BCUT2D eigenvalue weighted by Gasteiger charge is -2.45. The Kier molecular flexibility index (Phi) is 5.86. The number of carbonyl (C=O) groups excluding carboxylic acids is 1. The van der Waals surface area contributed by atoms with Crippen molar-refractivity contribution in [3.05, 3.63) is 26.5 Å². The number of piperazine rings is 1. The molecule has 2 aromatic rings. The fourth-order valence-electron chi connectivity index (χ4n) is 3.30. The van der Waals surface area contributed by atoms with Gasteiger partial charge in [0.2, 0.25) is 0 Å². The zero-order valence-electron chi connectivity index (χ0n) is 16.2. The van der Waals surface area contributed by atoms with Crippen molar-refractivity contribution in [2.45, 2.75) is 52.3 Å². The number of amides is 1. The third kappa shape index (κ3) is 4.31. The highest BCUT2D eigenvalue weighted by Gasteiger charge is 2.35. The Hall–Kier alpha value is -1.16. The summed E-state index contributed by atoms with van der Waals surface area (Å²) in [6.07, 6.45) is 1.36. The van der Waals surface area contributed by atoms with Crippen LogP contribution in [0.2, 0.25) is 0 Å². The molecule has 2 atom stereocenters. The Balaban J connectivity index is 1.92. The van der Waals surface area contributed by atoms with E-state index >= 15 is 0 Å². The van der Waals surface area contributed by atoms with Gasteiger partial charge in [0, 0.05) is 33.2 Å². The molecular formula is C19H24BrIN4O2. The molecule has 1 aliphatic rings. The maximum atomic E-state index is 12.6. The molecule has 27 heavy (non-hydrogen) atoms. The van der Waals surface area contributed by atoms with Crippen LogP contribution < -0.4 is 4.90 Å². The van der Waals surface area contributed by atoms with Crippen LogP contribution in [0.5, 0.6) is 0 Å². The van der Waals surface area contributed by atoms with Gasteiger partial charge in [-0.1, -0.05) is 0 Å².